The van der Waals surface area contributed by atoms with Crippen LogP contribution in [0.25, 0.3) is 0 Å². The zero-order chi connectivity index (χ0) is 11.6. The average molecular weight is 245 g/mol. The van der Waals surface area contributed by atoms with Gasteiger partial charge in [-0.2, -0.15) is 0 Å². The SMILES string of the molecule is CCOP(C)(=O)N1CCC2CCCCC2C1. The summed E-state index contributed by atoms with van der Waals surface area (Å²) in [4.78, 5) is 0. The maximum atomic E-state index is 12.3. The van der Waals surface area contributed by atoms with Crippen LogP contribution in [0.2, 0.25) is 0 Å². The Balaban J connectivity index is 1.96. The van der Waals surface area contributed by atoms with E-state index in [1.54, 1.807) is 6.66 Å². The molecule has 0 spiro atoms. The molecule has 0 amide bonds. The Morgan fingerprint density at radius 3 is 2.62 bits per heavy atom. The van der Waals surface area contributed by atoms with Gasteiger partial charge in [0.1, 0.15) is 0 Å². The number of fused-ring (bicyclic) bond motifs is 1. The fraction of sp³-hybridized carbons (Fsp3) is 1.00. The summed E-state index contributed by atoms with van der Waals surface area (Å²) in [5.41, 5.74) is 0. The third-order valence-corrected chi connectivity index (χ3v) is 6.28. The van der Waals surface area contributed by atoms with Crippen molar-refractivity contribution < 1.29 is 9.09 Å². The normalized spacial score (nSPS) is 35.4. The monoisotopic (exact) mass is 245 g/mol. The van der Waals surface area contributed by atoms with Crippen LogP contribution in [-0.4, -0.2) is 31.0 Å². The smallest absolute Gasteiger partial charge is 0.269 e. The lowest BCUT2D eigenvalue weighted by Gasteiger charge is -2.42. The summed E-state index contributed by atoms with van der Waals surface area (Å²) in [7, 11) is -2.50. The number of hydrogen-bond acceptors (Lipinski definition) is 2. The van der Waals surface area contributed by atoms with Crippen molar-refractivity contribution in [1.82, 2.24) is 4.67 Å². The van der Waals surface area contributed by atoms with Gasteiger partial charge in [-0.25, -0.2) is 4.67 Å². The summed E-state index contributed by atoms with van der Waals surface area (Å²) in [5, 5.41) is 0. The summed E-state index contributed by atoms with van der Waals surface area (Å²) >= 11 is 0. The maximum absolute atomic E-state index is 12.3. The molecule has 1 saturated carbocycles. The van der Waals surface area contributed by atoms with E-state index in [0.29, 0.717) is 6.61 Å². The minimum atomic E-state index is -2.50. The van der Waals surface area contributed by atoms with Gasteiger partial charge in [0.05, 0.1) is 6.61 Å². The molecule has 0 N–H and O–H groups in total. The molecule has 0 aromatic carbocycles. The highest BCUT2D eigenvalue weighted by Crippen LogP contribution is 2.51. The molecule has 0 radical (unpaired) electrons. The van der Waals surface area contributed by atoms with Crippen LogP contribution in [0.1, 0.15) is 39.0 Å². The molecule has 0 bridgehead atoms. The summed E-state index contributed by atoms with van der Waals surface area (Å²) in [5.74, 6) is 1.67. The van der Waals surface area contributed by atoms with Gasteiger partial charge in [0.2, 0.25) is 0 Å². The number of hydrogen-bond donors (Lipinski definition) is 0. The fourth-order valence-electron chi connectivity index (χ4n) is 3.23. The molecule has 3 atom stereocenters. The molecule has 0 aromatic rings. The first-order valence-corrected chi connectivity index (χ1v) is 8.63. The van der Waals surface area contributed by atoms with Gasteiger partial charge in [0.15, 0.2) is 0 Å². The maximum Gasteiger partial charge on any atom is 0.269 e. The average Bonchev–Trinajstić information content (AvgIpc) is 2.28. The predicted octanol–water partition coefficient (Wildman–Crippen LogP) is 3.36. The lowest BCUT2D eigenvalue weighted by Crippen LogP contribution is -2.40. The molecule has 4 heteroatoms. The van der Waals surface area contributed by atoms with Gasteiger partial charge in [-0.15, -0.1) is 0 Å². The fourth-order valence-corrected chi connectivity index (χ4v) is 4.86. The van der Waals surface area contributed by atoms with E-state index in [9.17, 15) is 4.57 Å². The quantitative estimate of drug-likeness (QED) is 0.714. The molecule has 1 heterocycles. The van der Waals surface area contributed by atoms with E-state index < -0.39 is 7.52 Å². The van der Waals surface area contributed by atoms with Gasteiger partial charge >= 0.3 is 0 Å². The van der Waals surface area contributed by atoms with E-state index in [1.807, 2.05) is 6.92 Å². The van der Waals surface area contributed by atoms with Crippen LogP contribution >= 0.6 is 7.52 Å². The number of rotatable bonds is 3. The Hall–Kier alpha value is 0.150. The molecular formula is C12H24NO2P. The van der Waals surface area contributed by atoms with Gasteiger partial charge in [-0.05, 0) is 31.6 Å². The van der Waals surface area contributed by atoms with Gasteiger partial charge in [0, 0.05) is 19.8 Å². The zero-order valence-corrected chi connectivity index (χ0v) is 11.4. The van der Waals surface area contributed by atoms with Gasteiger partial charge in [-0.3, -0.25) is 4.57 Å². The lowest BCUT2D eigenvalue weighted by atomic mass is 9.76. The van der Waals surface area contributed by atoms with E-state index in [1.165, 1.54) is 32.1 Å². The second kappa shape index (κ2) is 5.20. The second-order valence-electron chi connectivity index (χ2n) is 5.23. The molecular weight excluding hydrogens is 221 g/mol. The third kappa shape index (κ3) is 2.69. The largest absolute Gasteiger partial charge is 0.318 e. The number of nitrogens with zero attached hydrogens (tertiary/aromatic N) is 1. The Labute approximate surface area is 99.0 Å². The lowest BCUT2D eigenvalue weighted by molar-refractivity contribution is 0.123. The molecule has 1 aliphatic carbocycles. The van der Waals surface area contributed by atoms with Crippen molar-refractivity contribution in [3.05, 3.63) is 0 Å². The van der Waals surface area contributed by atoms with Crippen LogP contribution in [-0.2, 0) is 9.09 Å². The number of piperidine rings is 1. The van der Waals surface area contributed by atoms with E-state index in [4.69, 9.17) is 4.52 Å². The van der Waals surface area contributed by atoms with Crippen LogP contribution < -0.4 is 0 Å². The van der Waals surface area contributed by atoms with Crippen molar-refractivity contribution in [2.45, 2.75) is 39.0 Å². The summed E-state index contributed by atoms with van der Waals surface area (Å²) < 4.78 is 19.9. The molecule has 94 valence electrons. The molecule has 3 nitrogen and oxygen atoms in total. The molecule has 1 aliphatic heterocycles. The molecule has 3 unspecified atom stereocenters. The first-order chi connectivity index (χ1) is 7.63. The standard InChI is InChI=1S/C12H24NO2P/c1-3-15-16(2,14)13-9-8-11-6-4-5-7-12(11)10-13/h11-12H,3-10H2,1-2H3. The Bertz CT molecular complexity index is 282. The van der Waals surface area contributed by atoms with Gasteiger partial charge in [-0.1, -0.05) is 19.3 Å². The van der Waals surface area contributed by atoms with E-state index >= 15 is 0 Å². The third-order valence-electron chi connectivity index (χ3n) is 4.15. The molecule has 0 aromatic heterocycles. The van der Waals surface area contributed by atoms with Gasteiger partial charge in [0.25, 0.3) is 7.52 Å². The highest BCUT2D eigenvalue weighted by atomic mass is 31.2. The van der Waals surface area contributed by atoms with Crippen molar-refractivity contribution in [2.24, 2.45) is 11.8 Å². The van der Waals surface area contributed by atoms with Crippen molar-refractivity contribution in [1.29, 1.82) is 0 Å². The first-order valence-electron chi connectivity index (χ1n) is 6.61. The Morgan fingerprint density at radius 1 is 1.25 bits per heavy atom. The first kappa shape index (κ1) is 12.6. The molecule has 16 heavy (non-hydrogen) atoms. The summed E-state index contributed by atoms with van der Waals surface area (Å²) in [6.45, 7) is 6.22. The minimum Gasteiger partial charge on any atom is -0.318 e. The van der Waals surface area contributed by atoms with Crippen LogP contribution in [0, 0.1) is 11.8 Å². The minimum absolute atomic E-state index is 0.554. The van der Waals surface area contributed by atoms with Crippen molar-refractivity contribution >= 4 is 7.52 Å². The summed E-state index contributed by atoms with van der Waals surface area (Å²) in [6.07, 6.45) is 6.69. The van der Waals surface area contributed by atoms with Gasteiger partial charge < -0.3 is 4.52 Å². The van der Waals surface area contributed by atoms with E-state index in [2.05, 4.69) is 4.67 Å². The van der Waals surface area contributed by atoms with Crippen molar-refractivity contribution in [3.8, 4) is 0 Å². The Morgan fingerprint density at radius 2 is 1.94 bits per heavy atom. The van der Waals surface area contributed by atoms with Crippen LogP contribution in [0.3, 0.4) is 0 Å². The van der Waals surface area contributed by atoms with Crippen LogP contribution in [0.5, 0.6) is 0 Å². The second-order valence-corrected chi connectivity index (χ2v) is 7.66. The molecule has 2 fully saturated rings. The van der Waals surface area contributed by atoms with Crippen LogP contribution in [0.4, 0.5) is 0 Å². The van der Waals surface area contributed by atoms with Crippen molar-refractivity contribution in [3.63, 3.8) is 0 Å². The molecule has 1 saturated heterocycles. The highest BCUT2D eigenvalue weighted by molar-refractivity contribution is 7.55. The van der Waals surface area contributed by atoms with E-state index in [-0.39, 0.29) is 0 Å². The highest BCUT2D eigenvalue weighted by Gasteiger charge is 2.36. The van der Waals surface area contributed by atoms with E-state index in [0.717, 1.165) is 24.9 Å². The summed E-state index contributed by atoms with van der Waals surface area (Å²) in [6, 6.07) is 0. The Kier molecular flexibility index (Phi) is 4.10. The topological polar surface area (TPSA) is 29.5 Å². The van der Waals surface area contributed by atoms with Crippen molar-refractivity contribution in [2.75, 3.05) is 26.4 Å². The molecule has 2 aliphatic rings. The zero-order valence-electron chi connectivity index (χ0n) is 10.5. The molecule has 2 rings (SSSR count). The predicted molar refractivity (Wildman–Crippen MR) is 66.8 cm³/mol. The van der Waals surface area contributed by atoms with Crippen LogP contribution in [0.15, 0.2) is 0 Å².